The number of hydrogen-bond acceptors (Lipinski definition) is 4. The summed E-state index contributed by atoms with van der Waals surface area (Å²) in [6.07, 6.45) is 2.61. The van der Waals surface area contributed by atoms with Crippen LogP contribution in [0.2, 0.25) is 0 Å². The highest BCUT2D eigenvalue weighted by Gasteiger charge is 2.36. The van der Waals surface area contributed by atoms with Crippen LogP contribution in [-0.2, 0) is 9.53 Å². The van der Waals surface area contributed by atoms with E-state index in [0.717, 1.165) is 37.1 Å². The standard InChI is InChI=1S/C10H15NO3/c1-14-10(13)8-4-5-11-7(6-12)2-3-9(8)11/h7,12H,2-6H2,1H3. The van der Waals surface area contributed by atoms with Crippen LogP contribution in [0, 0.1) is 0 Å². The Labute approximate surface area is 83.2 Å². The first kappa shape index (κ1) is 9.52. The van der Waals surface area contributed by atoms with E-state index >= 15 is 0 Å². The lowest BCUT2D eigenvalue weighted by Crippen LogP contribution is -2.29. The molecule has 2 rings (SSSR count). The van der Waals surface area contributed by atoms with Crippen LogP contribution in [0.15, 0.2) is 11.3 Å². The second-order valence-electron chi connectivity index (χ2n) is 3.74. The summed E-state index contributed by atoms with van der Waals surface area (Å²) in [7, 11) is 1.41. The molecule has 1 N–H and O–H groups in total. The van der Waals surface area contributed by atoms with E-state index in [9.17, 15) is 4.79 Å². The number of ether oxygens (including phenoxy) is 1. The van der Waals surface area contributed by atoms with E-state index in [-0.39, 0.29) is 18.6 Å². The zero-order chi connectivity index (χ0) is 10.1. The predicted molar refractivity (Wildman–Crippen MR) is 50.5 cm³/mol. The van der Waals surface area contributed by atoms with Crippen molar-refractivity contribution >= 4 is 5.97 Å². The summed E-state index contributed by atoms with van der Waals surface area (Å²) in [5.74, 6) is -0.207. The summed E-state index contributed by atoms with van der Waals surface area (Å²) in [6.45, 7) is 1.03. The number of carbonyl (C=O) groups excluding carboxylic acids is 1. The van der Waals surface area contributed by atoms with Crippen LogP contribution < -0.4 is 0 Å². The van der Waals surface area contributed by atoms with Crippen molar-refractivity contribution in [2.24, 2.45) is 0 Å². The number of allylic oxidation sites excluding steroid dienone is 1. The average Bonchev–Trinajstić information content (AvgIpc) is 2.76. The molecule has 14 heavy (non-hydrogen) atoms. The van der Waals surface area contributed by atoms with Crippen LogP contribution in [0.3, 0.4) is 0 Å². The summed E-state index contributed by atoms with van der Waals surface area (Å²) >= 11 is 0. The first-order valence-electron chi connectivity index (χ1n) is 4.95. The predicted octanol–water partition coefficient (Wildman–Crippen LogP) is 0.274. The van der Waals surface area contributed by atoms with Crippen molar-refractivity contribution in [3.8, 4) is 0 Å². The van der Waals surface area contributed by atoms with Gasteiger partial charge in [0.25, 0.3) is 0 Å². The molecule has 4 nitrogen and oxygen atoms in total. The number of fused-ring (bicyclic) bond motifs is 1. The van der Waals surface area contributed by atoms with Gasteiger partial charge in [0, 0.05) is 12.2 Å². The molecule has 2 aliphatic rings. The first-order chi connectivity index (χ1) is 6.77. The molecule has 4 heteroatoms. The van der Waals surface area contributed by atoms with E-state index in [1.54, 1.807) is 0 Å². The van der Waals surface area contributed by atoms with Gasteiger partial charge in [0.1, 0.15) is 0 Å². The second kappa shape index (κ2) is 3.61. The fourth-order valence-corrected chi connectivity index (χ4v) is 2.37. The molecule has 2 aliphatic heterocycles. The van der Waals surface area contributed by atoms with E-state index in [1.165, 1.54) is 7.11 Å². The maximum atomic E-state index is 11.4. The molecule has 78 valence electrons. The average molecular weight is 197 g/mol. The van der Waals surface area contributed by atoms with Gasteiger partial charge in [-0.1, -0.05) is 0 Å². The fraction of sp³-hybridized carbons (Fsp3) is 0.700. The number of rotatable bonds is 2. The minimum Gasteiger partial charge on any atom is -0.466 e. The van der Waals surface area contributed by atoms with Crippen molar-refractivity contribution < 1.29 is 14.6 Å². The van der Waals surface area contributed by atoms with E-state index in [4.69, 9.17) is 9.84 Å². The molecular weight excluding hydrogens is 182 g/mol. The van der Waals surface area contributed by atoms with Gasteiger partial charge in [0.05, 0.1) is 25.3 Å². The first-order valence-corrected chi connectivity index (χ1v) is 4.95. The van der Waals surface area contributed by atoms with Gasteiger partial charge in [-0.15, -0.1) is 0 Å². The molecule has 1 fully saturated rings. The van der Waals surface area contributed by atoms with Crippen LogP contribution in [0.25, 0.3) is 0 Å². The minimum atomic E-state index is -0.207. The second-order valence-corrected chi connectivity index (χ2v) is 3.74. The summed E-state index contributed by atoms with van der Waals surface area (Å²) in [6, 6.07) is 0.215. The molecule has 0 aliphatic carbocycles. The van der Waals surface area contributed by atoms with Gasteiger partial charge in [-0.3, -0.25) is 0 Å². The highest BCUT2D eigenvalue weighted by atomic mass is 16.5. The van der Waals surface area contributed by atoms with Gasteiger partial charge in [-0.05, 0) is 19.3 Å². The van der Waals surface area contributed by atoms with Crippen molar-refractivity contribution in [3.05, 3.63) is 11.3 Å². The molecule has 0 aromatic heterocycles. The number of methoxy groups -OCH3 is 1. The summed E-state index contributed by atoms with van der Waals surface area (Å²) in [5, 5.41) is 9.11. The summed E-state index contributed by atoms with van der Waals surface area (Å²) < 4.78 is 4.73. The molecule has 0 bridgehead atoms. The van der Waals surface area contributed by atoms with Gasteiger partial charge >= 0.3 is 5.97 Å². The molecule has 0 spiro atoms. The van der Waals surface area contributed by atoms with E-state index < -0.39 is 0 Å². The van der Waals surface area contributed by atoms with E-state index in [0.29, 0.717) is 0 Å². The van der Waals surface area contributed by atoms with Crippen molar-refractivity contribution in [2.75, 3.05) is 20.3 Å². The third-order valence-electron chi connectivity index (χ3n) is 3.10. The lowest BCUT2D eigenvalue weighted by molar-refractivity contribution is -0.136. The highest BCUT2D eigenvalue weighted by Crippen LogP contribution is 2.36. The molecule has 0 aromatic rings. The SMILES string of the molecule is COC(=O)C1=C2CCC(CO)N2CC1. The Kier molecular flexibility index (Phi) is 2.46. The molecule has 0 amide bonds. The topological polar surface area (TPSA) is 49.8 Å². The third-order valence-corrected chi connectivity index (χ3v) is 3.10. The Bertz CT molecular complexity index is 285. The number of hydrogen-bond donors (Lipinski definition) is 1. The summed E-state index contributed by atoms with van der Waals surface area (Å²) in [5.41, 5.74) is 1.90. The van der Waals surface area contributed by atoms with Crippen LogP contribution in [-0.4, -0.2) is 42.3 Å². The molecule has 0 aromatic carbocycles. The van der Waals surface area contributed by atoms with Gasteiger partial charge in [-0.2, -0.15) is 0 Å². The quantitative estimate of drug-likeness (QED) is 0.646. The molecule has 0 saturated carbocycles. The number of carbonyl (C=O) groups is 1. The Morgan fingerprint density at radius 3 is 3.07 bits per heavy atom. The van der Waals surface area contributed by atoms with Gasteiger partial charge in [0.2, 0.25) is 0 Å². The van der Waals surface area contributed by atoms with Crippen molar-refractivity contribution in [2.45, 2.75) is 25.3 Å². The molecule has 1 unspecified atom stereocenters. The number of esters is 1. The van der Waals surface area contributed by atoms with Crippen LogP contribution in [0.4, 0.5) is 0 Å². The maximum Gasteiger partial charge on any atom is 0.335 e. The number of aliphatic hydroxyl groups excluding tert-OH is 1. The third kappa shape index (κ3) is 1.30. The lowest BCUT2D eigenvalue weighted by Gasteiger charge is -2.21. The molecular formula is C10H15NO3. The maximum absolute atomic E-state index is 11.4. The van der Waals surface area contributed by atoms with Crippen molar-refractivity contribution in [1.29, 1.82) is 0 Å². The lowest BCUT2D eigenvalue weighted by atomic mass is 10.1. The monoisotopic (exact) mass is 197 g/mol. The minimum absolute atomic E-state index is 0.179. The zero-order valence-corrected chi connectivity index (χ0v) is 8.32. The highest BCUT2D eigenvalue weighted by molar-refractivity contribution is 5.89. The van der Waals surface area contributed by atoms with Gasteiger partial charge in [-0.25, -0.2) is 4.79 Å². The summed E-state index contributed by atoms with van der Waals surface area (Å²) in [4.78, 5) is 13.5. The Balaban J connectivity index is 2.20. The van der Waals surface area contributed by atoms with Gasteiger partial charge < -0.3 is 14.7 Å². The Morgan fingerprint density at radius 1 is 1.64 bits per heavy atom. The molecule has 0 radical (unpaired) electrons. The molecule has 2 heterocycles. The van der Waals surface area contributed by atoms with E-state index in [2.05, 4.69) is 4.90 Å². The fourth-order valence-electron chi connectivity index (χ4n) is 2.37. The number of nitrogens with zero attached hydrogens (tertiary/aromatic N) is 1. The number of aliphatic hydroxyl groups is 1. The van der Waals surface area contributed by atoms with Crippen molar-refractivity contribution in [3.63, 3.8) is 0 Å². The molecule has 1 saturated heterocycles. The Morgan fingerprint density at radius 2 is 2.43 bits per heavy atom. The largest absolute Gasteiger partial charge is 0.466 e. The van der Waals surface area contributed by atoms with Crippen LogP contribution in [0.5, 0.6) is 0 Å². The van der Waals surface area contributed by atoms with E-state index in [1.807, 2.05) is 0 Å². The van der Waals surface area contributed by atoms with Gasteiger partial charge in [0.15, 0.2) is 0 Å². The smallest absolute Gasteiger partial charge is 0.335 e. The zero-order valence-electron chi connectivity index (χ0n) is 8.32. The van der Waals surface area contributed by atoms with Crippen LogP contribution in [0.1, 0.15) is 19.3 Å². The normalized spacial score (nSPS) is 25.6. The Hall–Kier alpha value is -1.03. The van der Waals surface area contributed by atoms with Crippen LogP contribution >= 0.6 is 0 Å². The molecule has 1 atom stereocenters. The van der Waals surface area contributed by atoms with Crippen molar-refractivity contribution in [1.82, 2.24) is 4.90 Å².